The second kappa shape index (κ2) is 4.31. The van der Waals surface area contributed by atoms with Gasteiger partial charge in [-0.1, -0.05) is 11.6 Å². The summed E-state index contributed by atoms with van der Waals surface area (Å²) in [6.45, 7) is 0.814. The van der Waals surface area contributed by atoms with Gasteiger partial charge in [0, 0.05) is 23.4 Å². The SMILES string of the molecule is FC1[CH]CN(c2ncnc3c2oc2ccc(Cl)cc23)C1. The van der Waals surface area contributed by atoms with E-state index in [0.29, 0.717) is 40.6 Å². The predicted octanol–water partition coefficient (Wildman–Crippen LogP) is 3.39. The summed E-state index contributed by atoms with van der Waals surface area (Å²) in [5.41, 5.74) is 1.98. The molecule has 4 rings (SSSR count). The minimum Gasteiger partial charge on any atom is -0.450 e. The second-order valence-corrected chi connectivity index (χ2v) is 5.21. The Hall–Kier alpha value is -1.88. The zero-order valence-electron chi connectivity index (χ0n) is 10.4. The van der Waals surface area contributed by atoms with Crippen molar-refractivity contribution in [2.24, 2.45) is 0 Å². The zero-order valence-corrected chi connectivity index (χ0v) is 11.1. The Morgan fingerprint density at radius 1 is 1.35 bits per heavy atom. The van der Waals surface area contributed by atoms with Gasteiger partial charge in [-0.15, -0.1) is 0 Å². The molecule has 6 heteroatoms. The van der Waals surface area contributed by atoms with Crippen LogP contribution in [0.1, 0.15) is 0 Å². The van der Waals surface area contributed by atoms with Crippen LogP contribution in [-0.4, -0.2) is 29.2 Å². The molecule has 0 saturated carbocycles. The van der Waals surface area contributed by atoms with Crippen LogP contribution in [-0.2, 0) is 0 Å². The molecule has 0 bridgehead atoms. The van der Waals surface area contributed by atoms with E-state index in [2.05, 4.69) is 9.97 Å². The number of fused-ring (bicyclic) bond motifs is 3. The van der Waals surface area contributed by atoms with Crippen molar-refractivity contribution >= 4 is 39.5 Å². The normalized spacial score (nSPS) is 19.3. The minimum absolute atomic E-state index is 0.296. The summed E-state index contributed by atoms with van der Waals surface area (Å²) in [5.74, 6) is 0.624. The summed E-state index contributed by atoms with van der Waals surface area (Å²) in [7, 11) is 0. The number of benzene rings is 1. The Morgan fingerprint density at radius 2 is 2.25 bits per heavy atom. The first-order chi connectivity index (χ1) is 9.72. The molecule has 1 aliphatic heterocycles. The molecule has 1 fully saturated rings. The van der Waals surface area contributed by atoms with Crippen LogP contribution in [0.2, 0.25) is 5.02 Å². The van der Waals surface area contributed by atoms with E-state index >= 15 is 0 Å². The van der Waals surface area contributed by atoms with Gasteiger partial charge in [-0.2, -0.15) is 0 Å². The van der Waals surface area contributed by atoms with E-state index in [4.69, 9.17) is 16.0 Å². The highest BCUT2D eigenvalue weighted by Crippen LogP contribution is 2.34. The molecule has 0 N–H and O–H groups in total. The summed E-state index contributed by atoms with van der Waals surface area (Å²) in [4.78, 5) is 10.4. The molecule has 20 heavy (non-hydrogen) atoms. The number of halogens is 2. The third kappa shape index (κ3) is 1.73. The molecule has 1 unspecified atom stereocenters. The fourth-order valence-corrected chi connectivity index (χ4v) is 2.71. The van der Waals surface area contributed by atoms with Crippen molar-refractivity contribution in [3.63, 3.8) is 0 Å². The van der Waals surface area contributed by atoms with E-state index < -0.39 is 6.17 Å². The van der Waals surface area contributed by atoms with Gasteiger partial charge in [-0.3, -0.25) is 0 Å². The Labute approximate surface area is 119 Å². The van der Waals surface area contributed by atoms with Gasteiger partial charge in [-0.05, 0) is 18.2 Å². The van der Waals surface area contributed by atoms with Crippen molar-refractivity contribution in [3.05, 3.63) is 36.0 Å². The maximum atomic E-state index is 13.3. The van der Waals surface area contributed by atoms with Crippen LogP contribution in [0.3, 0.4) is 0 Å². The lowest BCUT2D eigenvalue weighted by Crippen LogP contribution is -2.21. The Kier molecular flexibility index (Phi) is 2.57. The largest absolute Gasteiger partial charge is 0.450 e. The second-order valence-electron chi connectivity index (χ2n) is 4.77. The molecule has 101 valence electrons. The van der Waals surface area contributed by atoms with Crippen LogP contribution in [0.5, 0.6) is 0 Å². The van der Waals surface area contributed by atoms with E-state index in [-0.39, 0.29) is 0 Å². The molecule has 3 aromatic rings. The smallest absolute Gasteiger partial charge is 0.196 e. The average Bonchev–Trinajstić information content (AvgIpc) is 3.02. The molecule has 3 heterocycles. The number of nitrogens with zero attached hydrogens (tertiary/aromatic N) is 3. The molecule has 4 nitrogen and oxygen atoms in total. The number of hydrogen-bond acceptors (Lipinski definition) is 4. The van der Waals surface area contributed by atoms with E-state index in [1.54, 1.807) is 18.6 Å². The van der Waals surface area contributed by atoms with E-state index in [1.165, 1.54) is 6.33 Å². The molecule has 0 spiro atoms. The molecule has 1 saturated heterocycles. The zero-order chi connectivity index (χ0) is 13.7. The number of alkyl halides is 1. The van der Waals surface area contributed by atoms with Crippen molar-refractivity contribution in [2.45, 2.75) is 6.17 Å². The summed E-state index contributed by atoms with van der Waals surface area (Å²) in [5, 5.41) is 1.47. The third-order valence-corrected chi connectivity index (χ3v) is 3.70. The standard InChI is InChI=1S/C14H10ClFN3O/c15-8-1-2-11-10(5-8)12-13(20-11)14(18-7-17-12)19-4-3-9(16)6-19/h1-3,5,7,9H,4,6H2. The third-order valence-electron chi connectivity index (χ3n) is 3.47. The number of aromatic nitrogens is 2. The van der Waals surface area contributed by atoms with Crippen molar-refractivity contribution in [3.8, 4) is 0 Å². The molecule has 2 aromatic heterocycles. The van der Waals surface area contributed by atoms with Crippen LogP contribution in [0.15, 0.2) is 28.9 Å². The average molecular weight is 291 g/mol. The fraction of sp³-hybridized carbons (Fsp3) is 0.214. The van der Waals surface area contributed by atoms with Gasteiger partial charge < -0.3 is 9.32 Å². The monoisotopic (exact) mass is 290 g/mol. The first-order valence-electron chi connectivity index (χ1n) is 6.27. The lowest BCUT2D eigenvalue weighted by molar-refractivity contribution is 0.408. The summed E-state index contributed by atoms with van der Waals surface area (Å²) in [6, 6.07) is 5.38. The Morgan fingerprint density at radius 3 is 3.05 bits per heavy atom. The molecule has 0 amide bonds. The van der Waals surface area contributed by atoms with Gasteiger partial charge in [0.1, 0.15) is 23.6 Å². The Bertz CT molecular complexity index is 804. The van der Waals surface area contributed by atoms with E-state index in [1.807, 2.05) is 11.0 Å². The lowest BCUT2D eigenvalue weighted by atomic mass is 10.2. The van der Waals surface area contributed by atoms with Crippen LogP contribution < -0.4 is 4.90 Å². The first-order valence-corrected chi connectivity index (χ1v) is 6.65. The summed E-state index contributed by atoms with van der Waals surface area (Å²) in [6.07, 6.45) is 2.16. The number of hydrogen-bond donors (Lipinski definition) is 0. The quantitative estimate of drug-likeness (QED) is 0.689. The van der Waals surface area contributed by atoms with Gasteiger partial charge in [0.2, 0.25) is 0 Å². The van der Waals surface area contributed by atoms with Crippen molar-refractivity contribution in [1.82, 2.24) is 9.97 Å². The molecule has 1 radical (unpaired) electrons. The number of furan rings is 1. The molecule has 0 aliphatic carbocycles. The summed E-state index contributed by atoms with van der Waals surface area (Å²) < 4.78 is 19.2. The minimum atomic E-state index is -0.932. The molecular weight excluding hydrogens is 281 g/mol. The van der Waals surface area contributed by atoms with Crippen LogP contribution in [0.4, 0.5) is 10.2 Å². The van der Waals surface area contributed by atoms with Crippen LogP contribution in [0.25, 0.3) is 22.1 Å². The highest BCUT2D eigenvalue weighted by atomic mass is 35.5. The topological polar surface area (TPSA) is 42.2 Å². The number of rotatable bonds is 1. The Balaban J connectivity index is 1.96. The first kappa shape index (κ1) is 11.9. The van der Waals surface area contributed by atoms with Gasteiger partial charge in [0.05, 0.1) is 6.54 Å². The number of anilines is 1. The van der Waals surface area contributed by atoms with Gasteiger partial charge >= 0.3 is 0 Å². The summed E-state index contributed by atoms with van der Waals surface area (Å²) >= 11 is 6.01. The highest BCUT2D eigenvalue weighted by molar-refractivity contribution is 6.31. The van der Waals surface area contributed by atoms with Crippen molar-refractivity contribution in [1.29, 1.82) is 0 Å². The molecular formula is C14H10ClFN3O. The van der Waals surface area contributed by atoms with Crippen LogP contribution in [0, 0.1) is 6.42 Å². The molecule has 1 atom stereocenters. The van der Waals surface area contributed by atoms with Gasteiger partial charge in [-0.25, -0.2) is 14.4 Å². The van der Waals surface area contributed by atoms with Crippen LogP contribution >= 0.6 is 11.6 Å². The maximum absolute atomic E-state index is 13.3. The van der Waals surface area contributed by atoms with E-state index in [9.17, 15) is 4.39 Å². The molecule has 1 aromatic carbocycles. The fourth-order valence-electron chi connectivity index (χ4n) is 2.54. The van der Waals surface area contributed by atoms with Gasteiger partial charge in [0.15, 0.2) is 11.4 Å². The van der Waals surface area contributed by atoms with Crippen molar-refractivity contribution in [2.75, 3.05) is 18.0 Å². The maximum Gasteiger partial charge on any atom is 0.196 e. The van der Waals surface area contributed by atoms with Crippen molar-refractivity contribution < 1.29 is 8.81 Å². The highest BCUT2D eigenvalue weighted by Gasteiger charge is 2.26. The molecule has 1 aliphatic rings. The lowest BCUT2D eigenvalue weighted by Gasteiger charge is -2.15. The van der Waals surface area contributed by atoms with E-state index in [0.717, 1.165) is 5.39 Å². The van der Waals surface area contributed by atoms with Gasteiger partial charge in [0.25, 0.3) is 0 Å². The predicted molar refractivity (Wildman–Crippen MR) is 75.7 cm³/mol.